The first-order chi connectivity index (χ1) is 14.3. The molecule has 7 nitrogen and oxygen atoms in total. The molecule has 0 bridgehead atoms. The van der Waals surface area contributed by atoms with E-state index in [4.69, 9.17) is 0 Å². The van der Waals surface area contributed by atoms with Crippen molar-refractivity contribution in [3.05, 3.63) is 52.1 Å². The van der Waals surface area contributed by atoms with Gasteiger partial charge >= 0.3 is 0 Å². The van der Waals surface area contributed by atoms with Crippen LogP contribution < -0.4 is 0 Å². The number of aromatic amines is 1. The number of carbonyl (C=O) groups excluding carboxylic acids is 1. The molecule has 2 aromatic rings. The molecule has 1 N–H and O–H groups in total. The van der Waals surface area contributed by atoms with Gasteiger partial charge in [-0.25, -0.2) is 12.8 Å². The predicted molar refractivity (Wildman–Crippen MR) is 111 cm³/mol. The van der Waals surface area contributed by atoms with Gasteiger partial charge in [-0.2, -0.15) is 9.40 Å². The number of halogens is 1. The molecule has 1 amide bonds. The number of likely N-dealkylation sites (tertiary alicyclic amines) is 1. The Morgan fingerprint density at radius 2 is 2.00 bits per heavy atom. The number of nitrogens with zero attached hydrogens (tertiary/aromatic N) is 3. The molecule has 30 heavy (non-hydrogen) atoms. The Kier molecular flexibility index (Phi) is 5.67. The number of piperidine rings is 1. The van der Waals surface area contributed by atoms with Gasteiger partial charge in [-0.1, -0.05) is 19.1 Å². The first-order valence-electron chi connectivity index (χ1n) is 10.4. The van der Waals surface area contributed by atoms with Crippen molar-refractivity contribution in [3.8, 4) is 0 Å². The monoisotopic (exact) mass is 434 g/mol. The topological polar surface area (TPSA) is 86.4 Å². The summed E-state index contributed by atoms with van der Waals surface area (Å²) in [6.07, 6.45) is 3.89. The smallest absolute Gasteiger partial charge is 0.274 e. The summed E-state index contributed by atoms with van der Waals surface area (Å²) < 4.78 is 39.4. The van der Waals surface area contributed by atoms with Crippen LogP contribution in [0.15, 0.2) is 18.2 Å². The predicted octanol–water partition coefficient (Wildman–Crippen LogP) is 2.45. The molecule has 0 spiro atoms. The highest BCUT2D eigenvalue weighted by molar-refractivity contribution is 7.88. The number of amides is 1. The minimum absolute atomic E-state index is 0.160. The van der Waals surface area contributed by atoms with Crippen LogP contribution in [-0.2, 0) is 29.4 Å². The van der Waals surface area contributed by atoms with Gasteiger partial charge in [-0.3, -0.25) is 9.89 Å². The highest BCUT2D eigenvalue weighted by atomic mass is 32.2. The highest BCUT2D eigenvalue weighted by Gasteiger charge is 2.33. The van der Waals surface area contributed by atoms with Crippen LogP contribution in [0.5, 0.6) is 0 Å². The first-order valence-corrected chi connectivity index (χ1v) is 12.2. The second kappa shape index (κ2) is 8.11. The number of fused-ring (bicyclic) bond motifs is 1. The minimum Gasteiger partial charge on any atom is -0.337 e. The Labute approximate surface area is 176 Å². The quantitative estimate of drug-likeness (QED) is 0.801. The Balaban J connectivity index is 1.48. The van der Waals surface area contributed by atoms with Crippen molar-refractivity contribution in [2.45, 2.75) is 45.1 Å². The lowest BCUT2D eigenvalue weighted by atomic mass is 9.85. The van der Waals surface area contributed by atoms with E-state index in [0.29, 0.717) is 43.7 Å². The number of carbonyl (C=O) groups is 1. The number of hydrogen-bond donors (Lipinski definition) is 1. The Hall–Kier alpha value is -2.26. The summed E-state index contributed by atoms with van der Waals surface area (Å²) >= 11 is 0. The number of sulfonamides is 1. The molecule has 2 aliphatic rings. The Bertz CT molecular complexity index is 1060. The average molecular weight is 435 g/mol. The van der Waals surface area contributed by atoms with Crippen molar-refractivity contribution in [3.63, 3.8) is 0 Å². The number of nitrogens with one attached hydrogen (secondary N) is 1. The SMILES string of the molecule is CCc1c(F)cccc1C1CCN(C(=O)c2n[nH]c3c2CN(S(C)(=O)=O)CC3)CC1. The fraction of sp³-hybridized carbons (Fsp3) is 0.524. The number of aromatic nitrogens is 2. The van der Waals surface area contributed by atoms with E-state index in [2.05, 4.69) is 10.2 Å². The third kappa shape index (κ3) is 3.88. The van der Waals surface area contributed by atoms with Crippen molar-refractivity contribution in [1.29, 1.82) is 0 Å². The highest BCUT2D eigenvalue weighted by Crippen LogP contribution is 2.33. The average Bonchev–Trinajstić information content (AvgIpc) is 3.16. The molecule has 0 aliphatic carbocycles. The largest absolute Gasteiger partial charge is 0.337 e. The Morgan fingerprint density at radius 3 is 2.67 bits per heavy atom. The fourth-order valence-corrected chi connectivity index (χ4v) is 5.39. The van der Waals surface area contributed by atoms with E-state index < -0.39 is 10.0 Å². The minimum atomic E-state index is -3.33. The fourth-order valence-electron chi connectivity index (χ4n) is 4.60. The van der Waals surface area contributed by atoms with E-state index in [1.54, 1.807) is 11.0 Å². The third-order valence-electron chi connectivity index (χ3n) is 6.30. The summed E-state index contributed by atoms with van der Waals surface area (Å²) in [7, 11) is -3.33. The maximum absolute atomic E-state index is 14.1. The Morgan fingerprint density at radius 1 is 1.27 bits per heavy atom. The van der Waals surface area contributed by atoms with Crippen molar-refractivity contribution in [2.24, 2.45) is 0 Å². The number of rotatable bonds is 4. The van der Waals surface area contributed by atoms with E-state index in [1.807, 2.05) is 13.0 Å². The van der Waals surface area contributed by atoms with Gasteiger partial charge in [0, 0.05) is 43.9 Å². The van der Waals surface area contributed by atoms with Crippen LogP contribution in [0.25, 0.3) is 0 Å². The molecule has 1 aromatic carbocycles. The van der Waals surface area contributed by atoms with Crippen LogP contribution in [-0.4, -0.2) is 59.6 Å². The summed E-state index contributed by atoms with van der Waals surface area (Å²) in [5.41, 5.74) is 3.64. The molecule has 0 saturated carbocycles. The van der Waals surface area contributed by atoms with Crippen LogP contribution in [0, 0.1) is 5.82 Å². The molecular weight excluding hydrogens is 407 g/mol. The lowest BCUT2D eigenvalue weighted by molar-refractivity contribution is 0.0704. The summed E-state index contributed by atoms with van der Waals surface area (Å²) in [6.45, 7) is 3.66. The first kappa shape index (κ1) is 21.0. The zero-order valence-electron chi connectivity index (χ0n) is 17.3. The lowest BCUT2D eigenvalue weighted by Crippen LogP contribution is -2.40. The van der Waals surface area contributed by atoms with Crippen LogP contribution in [0.2, 0.25) is 0 Å². The molecule has 2 aliphatic heterocycles. The zero-order valence-corrected chi connectivity index (χ0v) is 18.1. The van der Waals surface area contributed by atoms with Gasteiger partial charge < -0.3 is 4.90 Å². The molecule has 1 aromatic heterocycles. The third-order valence-corrected chi connectivity index (χ3v) is 7.55. The standard InChI is InChI=1S/C21H27FN4O3S/c1-3-15-16(5-4-6-18(15)22)14-7-10-25(11-8-14)21(27)20-17-13-26(30(2,28)29)12-9-19(17)23-24-20/h4-6,14H,3,7-13H2,1-2H3,(H,23,24). The molecule has 1 fully saturated rings. The maximum atomic E-state index is 14.1. The van der Waals surface area contributed by atoms with Gasteiger partial charge in [0.2, 0.25) is 10.0 Å². The van der Waals surface area contributed by atoms with E-state index in [9.17, 15) is 17.6 Å². The summed E-state index contributed by atoms with van der Waals surface area (Å²) in [5, 5.41) is 7.13. The van der Waals surface area contributed by atoms with Gasteiger partial charge in [0.1, 0.15) is 5.82 Å². The second-order valence-corrected chi connectivity index (χ2v) is 10.1. The summed E-state index contributed by atoms with van der Waals surface area (Å²) in [6, 6.07) is 5.25. The van der Waals surface area contributed by atoms with Crippen molar-refractivity contribution in [1.82, 2.24) is 19.4 Å². The van der Waals surface area contributed by atoms with E-state index in [0.717, 1.165) is 29.7 Å². The zero-order chi connectivity index (χ0) is 21.5. The van der Waals surface area contributed by atoms with Gasteiger partial charge in [-0.05, 0) is 42.4 Å². The molecular formula is C21H27FN4O3S. The second-order valence-electron chi connectivity index (χ2n) is 8.10. The van der Waals surface area contributed by atoms with Gasteiger partial charge in [0.05, 0.1) is 6.26 Å². The summed E-state index contributed by atoms with van der Waals surface area (Å²) in [5.74, 6) is -0.100. The number of H-pyrrole nitrogens is 1. The normalized spacial score (nSPS) is 18.4. The van der Waals surface area contributed by atoms with Crippen LogP contribution in [0.4, 0.5) is 4.39 Å². The van der Waals surface area contributed by atoms with E-state index in [1.165, 1.54) is 16.6 Å². The molecule has 3 heterocycles. The maximum Gasteiger partial charge on any atom is 0.274 e. The number of benzene rings is 1. The number of hydrogen-bond acceptors (Lipinski definition) is 4. The van der Waals surface area contributed by atoms with Crippen LogP contribution in [0.1, 0.15) is 58.6 Å². The van der Waals surface area contributed by atoms with Crippen molar-refractivity contribution in [2.75, 3.05) is 25.9 Å². The molecule has 0 radical (unpaired) electrons. The molecule has 4 rings (SSSR count). The van der Waals surface area contributed by atoms with Crippen molar-refractivity contribution < 1.29 is 17.6 Å². The molecule has 162 valence electrons. The van der Waals surface area contributed by atoms with E-state index >= 15 is 0 Å². The lowest BCUT2D eigenvalue weighted by Gasteiger charge is -2.33. The molecule has 0 unspecified atom stereocenters. The van der Waals surface area contributed by atoms with Gasteiger partial charge in [0.25, 0.3) is 5.91 Å². The molecule has 0 atom stereocenters. The molecule has 9 heteroatoms. The summed E-state index contributed by atoms with van der Waals surface area (Å²) in [4.78, 5) is 14.9. The van der Waals surface area contributed by atoms with Gasteiger partial charge in [0.15, 0.2) is 5.69 Å². The van der Waals surface area contributed by atoms with E-state index in [-0.39, 0.29) is 24.2 Å². The van der Waals surface area contributed by atoms with Crippen LogP contribution >= 0.6 is 0 Å². The molecule has 1 saturated heterocycles. The van der Waals surface area contributed by atoms with Gasteiger partial charge in [-0.15, -0.1) is 0 Å². The van der Waals surface area contributed by atoms with Crippen molar-refractivity contribution >= 4 is 15.9 Å². The van der Waals surface area contributed by atoms with Crippen LogP contribution in [0.3, 0.4) is 0 Å².